The number of piperazine rings is 1. The van der Waals surface area contributed by atoms with E-state index >= 15 is 0 Å². The van der Waals surface area contributed by atoms with Crippen LogP contribution in [-0.4, -0.2) is 62.0 Å². The molecule has 1 aromatic carbocycles. The van der Waals surface area contributed by atoms with E-state index in [1.165, 1.54) is 0 Å². The number of nitrogens with zero attached hydrogens (tertiary/aromatic N) is 2. The molecule has 1 fully saturated rings. The number of rotatable bonds is 6. The topological polar surface area (TPSA) is 35.6 Å². The number of hydrogen-bond acceptors (Lipinski definition) is 3. The molecule has 116 valence electrons. The normalized spacial score (nSPS) is 16.9. The van der Waals surface area contributed by atoms with Gasteiger partial charge in [0.15, 0.2) is 0 Å². The fourth-order valence-electron chi connectivity index (χ4n) is 2.46. The average molecular weight is 310 g/mol. The van der Waals surface area contributed by atoms with Gasteiger partial charge in [0.1, 0.15) is 0 Å². The van der Waals surface area contributed by atoms with E-state index in [1.807, 2.05) is 24.3 Å². The van der Waals surface area contributed by atoms with E-state index in [1.54, 1.807) is 0 Å². The molecule has 1 amide bonds. The first-order valence-corrected chi connectivity index (χ1v) is 7.93. The summed E-state index contributed by atoms with van der Waals surface area (Å²) in [6, 6.07) is 7.77. The highest BCUT2D eigenvalue weighted by Gasteiger charge is 2.14. The van der Waals surface area contributed by atoms with Crippen LogP contribution in [0.2, 0.25) is 5.02 Å². The number of carbonyl (C=O) groups excluding carboxylic acids is 1. The van der Waals surface area contributed by atoms with E-state index in [2.05, 4.69) is 22.2 Å². The zero-order chi connectivity index (χ0) is 15.1. The Morgan fingerprint density at radius 3 is 2.76 bits per heavy atom. The van der Waals surface area contributed by atoms with Crippen LogP contribution in [0.4, 0.5) is 0 Å². The summed E-state index contributed by atoms with van der Waals surface area (Å²) < 4.78 is 0. The first-order chi connectivity index (χ1) is 10.1. The Balaban J connectivity index is 1.59. The second-order valence-corrected chi connectivity index (χ2v) is 6.06. The molecule has 0 atom stereocenters. The van der Waals surface area contributed by atoms with Gasteiger partial charge in [-0.3, -0.25) is 4.79 Å². The number of hydrogen-bond donors (Lipinski definition) is 1. The van der Waals surface area contributed by atoms with Crippen molar-refractivity contribution < 1.29 is 4.79 Å². The molecule has 0 saturated carbocycles. The van der Waals surface area contributed by atoms with Gasteiger partial charge in [0.2, 0.25) is 5.91 Å². The van der Waals surface area contributed by atoms with Crippen LogP contribution in [0.25, 0.3) is 0 Å². The number of carbonyl (C=O) groups is 1. The summed E-state index contributed by atoms with van der Waals surface area (Å²) in [5, 5.41) is 3.72. The van der Waals surface area contributed by atoms with Crippen LogP contribution in [-0.2, 0) is 11.2 Å². The summed E-state index contributed by atoms with van der Waals surface area (Å²) in [6.07, 6.45) is 1.40. The zero-order valence-corrected chi connectivity index (χ0v) is 13.4. The van der Waals surface area contributed by atoms with Crippen molar-refractivity contribution in [1.82, 2.24) is 15.1 Å². The van der Waals surface area contributed by atoms with E-state index < -0.39 is 0 Å². The number of halogens is 1. The molecule has 0 radical (unpaired) electrons. The molecule has 0 aromatic heterocycles. The lowest BCUT2D eigenvalue weighted by Gasteiger charge is -2.32. The fraction of sp³-hybridized carbons (Fsp3) is 0.562. The first-order valence-electron chi connectivity index (χ1n) is 7.55. The lowest BCUT2D eigenvalue weighted by molar-refractivity contribution is -0.121. The Morgan fingerprint density at radius 1 is 1.29 bits per heavy atom. The molecular formula is C16H24ClN3O. The van der Waals surface area contributed by atoms with Crippen LogP contribution in [0.3, 0.4) is 0 Å². The number of nitrogens with one attached hydrogen (secondary N) is 1. The Labute approximate surface area is 132 Å². The Hall–Kier alpha value is -1.10. The molecule has 1 aromatic rings. The van der Waals surface area contributed by atoms with Crippen molar-refractivity contribution >= 4 is 17.5 Å². The third-order valence-electron chi connectivity index (χ3n) is 3.88. The van der Waals surface area contributed by atoms with E-state index in [4.69, 9.17) is 11.6 Å². The van der Waals surface area contributed by atoms with Crippen LogP contribution in [0.1, 0.15) is 12.0 Å². The van der Waals surface area contributed by atoms with Crippen molar-refractivity contribution in [3.8, 4) is 0 Å². The molecule has 0 unspecified atom stereocenters. The maximum atomic E-state index is 11.8. The van der Waals surface area contributed by atoms with Crippen molar-refractivity contribution in [1.29, 1.82) is 0 Å². The molecule has 5 heteroatoms. The first kappa shape index (κ1) is 16.3. The SMILES string of the molecule is CN1CCN(CCC(=O)NCCc2cccc(Cl)c2)CC1. The standard InChI is InChI=1S/C16H24ClN3O/c1-19-9-11-20(12-10-19)8-6-16(21)18-7-5-14-3-2-4-15(17)13-14/h2-4,13H,5-12H2,1H3,(H,18,21). The minimum Gasteiger partial charge on any atom is -0.356 e. The summed E-state index contributed by atoms with van der Waals surface area (Å²) in [5.41, 5.74) is 1.15. The van der Waals surface area contributed by atoms with Gasteiger partial charge in [-0.25, -0.2) is 0 Å². The molecule has 2 rings (SSSR count). The van der Waals surface area contributed by atoms with E-state index in [0.717, 1.165) is 49.7 Å². The molecule has 1 N–H and O–H groups in total. The quantitative estimate of drug-likeness (QED) is 0.868. The van der Waals surface area contributed by atoms with Gasteiger partial charge >= 0.3 is 0 Å². The van der Waals surface area contributed by atoms with Crippen molar-refractivity contribution in [3.63, 3.8) is 0 Å². The van der Waals surface area contributed by atoms with E-state index in [0.29, 0.717) is 13.0 Å². The fourth-order valence-corrected chi connectivity index (χ4v) is 2.67. The molecule has 4 nitrogen and oxygen atoms in total. The Kier molecular flexibility index (Phi) is 6.49. The van der Waals surface area contributed by atoms with Gasteiger partial charge in [-0.05, 0) is 31.2 Å². The highest BCUT2D eigenvalue weighted by molar-refractivity contribution is 6.30. The predicted octanol–water partition coefficient (Wildman–Crippen LogP) is 1.64. The maximum Gasteiger partial charge on any atom is 0.221 e. The molecule has 1 heterocycles. The minimum absolute atomic E-state index is 0.135. The molecule has 21 heavy (non-hydrogen) atoms. The molecule has 0 spiro atoms. The third kappa shape index (κ3) is 6.04. The van der Waals surface area contributed by atoms with Crippen LogP contribution >= 0.6 is 11.6 Å². The van der Waals surface area contributed by atoms with Crippen molar-refractivity contribution in [2.45, 2.75) is 12.8 Å². The summed E-state index contributed by atoms with van der Waals surface area (Å²) in [4.78, 5) is 16.5. The van der Waals surface area contributed by atoms with Crippen molar-refractivity contribution in [2.75, 3.05) is 46.3 Å². The summed E-state index contributed by atoms with van der Waals surface area (Å²) >= 11 is 5.94. The van der Waals surface area contributed by atoms with Crippen LogP contribution in [0, 0.1) is 0 Å². The van der Waals surface area contributed by atoms with Gasteiger partial charge in [-0.1, -0.05) is 23.7 Å². The smallest absolute Gasteiger partial charge is 0.221 e. The number of likely N-dealkylation sites (N-methyl/N-ethyl adjacent to an activating group) is 1. The van der Waals surface area contributed by atoms with Crippen LogP contribution in [0.5, 0.6) is 0 Å². The minimum atomic E-state index is 0.135. The van der Waals surface area contributed by atoms with Crippen LogP contribution in [0.15, 0.2) is 24.3 Å². The van der Waals surface area contributed by atoms with Gasteiger partial charge < -0.3 is 15.1 Å². The largest absolute Gasteiger partial charge is 0.356 e. The Morgan fingerprint density at radius 2 is 2.05 bits per heavy atom. The van der Waals surface area contributed by atoms with E-state index in [-0.39, 0.29) is 5.91 Å². The number of amides is 1. The summed E-state index contributed by atoms with van der Waals surface area (Å²) in [5.74, 6) is 0.135. The highest BCUT2D eigenvalue weighted by Crippen LogP contribution is 2.10. The molecular weight excluding hydrogens is 286 g/mol. The zero-order valence-electron chi connectivity index (χ0n) is 12.6. The van der Waals surface area contributed by atoms with Gasteiger partial charge in [0.05, 0.1) is 0 Å². The summed E-state index contributed by atoms with van der Waals surface area (Å²) in [7, 11) is 2.14. The van der Waals surface area contributed by atoms with Gasteiger partial charge in [-0.2, -0.15) is 0 Å². The monoisotopic (exact) mass is 309 g/mol. The lowest BCUT2D eigenvalue weighted by atomic mass is 10.1. The summed E-state index contributed by atoms with van der Waals surface area (Å²) in [6.45, 7) is 5.84. The highest BCUT2D eigenvalue weighted by atomic mass is 35.5. The Bertz CT molecular complexity index is 459. The second kappa shape index (κ2) is 8.37. The molecule has 0 aliphatic carbocycles. The molecule has 1 saturated heterocycles. The average Bonchev–Trinajstić information content (AvgIpc) is 2.47. The second-order valence-electron chi connectivity index (χ2n) is 5.62. The van der Waals surface area contributed by atoms with Crippen molar-refractivity contribution in [3.05, 3.63) is 34.9 Å². The molecule has 1 aliphatic heterocycles. The third-order valence-corrected chi connectivity index (χ3v) is 4.11. The lowest BCUT2D eigenvalue weighted by Crippen LogP contribution is -2.45. The van der Waals surface area contributed by atoms with Crippen LogP contribution < -0.4 is 5.32 Å². The number of benzene rings is 1. The molecule has 1 aliphatic rings. The van der Waals surface area contributed by atoms with Gasteiger partial charge in [0, 0.05) is 50.7 Å². The molecule has 0 bridgehead atoms. The van der Waals surface area contributed by atoms with Gasteiger partial charge in [-0.15, -0.1) is 0 Å². The maximum absolute atomic E-state index is 11.8. The van der Waals surface area contributed by atoms with E-state index in [9.17, 15) is 4.79 Å². The van der Waals surface area contributed by atoms with Crippen molar-refractivity contribution in [2.24, 2.45) is 0 Å². The van der Waals surface area contributed by atoms with Gasteiger partial charge in [0.25, 0.3) is 0 Å². The predicted molar refractivity (Wildman–Crippen MR) is 86.7 cm³/mol.